The van der Waals surface area contributed by atoms with Gasteiger partial charge in [-0.2, -0.15) is 0 Å². The van der Waals surface area contributed by atoms with Crippen molar-refractivity contribution in [2.24, 2.45) is 0 Å². The molecule has 1 N–H and O–H groups in total. The van der Waals surface area contributed by atoms with Crippen molar-refractivity contribution in [1.82, 2.24) is 0 Å². The summed E-state index contributed by atoms with van der Waals surface area (Å²) in [7, 11) is 3.15. The molecule has 2 aromatic carbocycles. The molecule has 1 amide bonds. The predicted octanol–water partition coefficient (Wildman–Crippen LogP) is 4.04. The molecule has 0 fully saturated rings. The van der Waals surface area contributed by atoms with Crippen molar-refractivity contribution >= 4 is 11.6 Å². The van der Waals surface area contributed by atoms with Crippen LogP contribution in [0.5, 0.6) is 17.2 Å². The quantitative estimate of drug-likeness (QED) is 0.824. The lowest BCUT2D eigenvalue weighted by Crippen LogP contribution is -2.16. The Balaban J connectivity index is 1.94. The van der Waals surface area contributed by atoms with Gasteiger partial charge in [-0.25, -0.2) is 0 Å². The Kier molecular flexibility index (Phi) is 6.28. The molecule has 0 aliphatic rings. The average molecular weight is 343 g/mol. The van der Waals surface area contributed by atoms with Gasteiger partial charge in [-0.3, -0.25) is 4.79 Å². The monoisotopic (exact) mass is 343 g/mol. The third-order valence-corrected chi connectivity index (χ3v) is 3.80. The Bertz CT molecular complexity index is 735. The molecule has 0 radical (unpaired) electrons. The zero-order chi connectivity index (χ0) is 18.4. The maximum Gasteiger partial charge on any atom is 0.227 e. The van der Waals surface area contributed by atoms with E-state index in [9.17, 15) is 4.79 Å². The van der Waals surface area contributed by atoms with E-state index in [2.05, 4.69) is 11.4 Å². The second-order valence-electron chi connectivity index (χ2n) is 5.99. The van der Waals surface area contributed by atoms with Gasteiger partial charge in [0.1, 0.15) is 5.75 Å². The van der Waals surface area contributed by atoms with E-state index >= 15 is 0 Å². The number of benzene rings is 2. The van der Waals surface area contributed by atoms with Crippen LogP contribution in [0.3, 0.4) is 0 Å². The number of rotatable bonds is 7. The highest BCUT2D eigenvalue weighted by Crippen LogP contribution is 2.32. The molecule has 5 nitrogen and oxygen atoms in total. The molecule has 0 aliphatic heterocycles. The first-order valence-corrected chi connectivity index (χ1v) is 8.16. The van der Waals surface area contributed by atoms with Crippen molar-refractivity contribution in [2.45, 2.75) is 27.2 Å². The Morgan fingerprint density at radius 2 is 1.52 bits per heavy atom. The van der Waals surface area contributed by atoms with E-state index < -0.39 is 0 Å². The molecule has 2 rings (SSSR count). The summed E-state index contributed by atoms with van der Waals surface area (Å²) in [5.74, 6) is 1.89. The van der Waals surface area contributed by atoms with Crippen LogP contribution in [0.2, 0.25) is 0 Å². The Hall–Kier alpha value is -2.69. The summed E-state index contributed by atoms with van der Waals surface area (Å²) >= 11 is 0. The van der Waals surface area contributed by atoms with Crippen LogP contribution in [0.15, 0.2) is 30.3 Å². The lowest BCUT2D eigenvalue weighted by atomic mass is 10.1. The normalized spacial score (nSPS) is 10.3. The smallest absolute Gasteiger partial charge is 0.227 e. The lowest BCUT2D eigenvalue weighted by molar-refractivity contribution is -0.116. The van der Waals surface area contributed by atoms with Crippen LogP contribution in [-0.4, -0.2) is 26.7 Å². The van der Waals surface area contributed by atoms with E-state index in [4.69, 9.17) is 14.2 Å². The van der Waals surface area contributed by atoms with Crippen molar-refractivity contribution < 1.29 is 19.0 Å². The number of carbonyl (C=O) groups is 1. The number of hydrogen-bond donors (Lipinski definition) is 1. The fraction of sp³-hybridized carbons (Fsp3) is 0.350. The number of carbonyl (C=O) groups excluding carboxylic acids is 1. The molecule has 2 aromatic rings. The van der Waals surface area contributed by atoms with Crippen LogP contribution in [-0.2, 0) is 4.79 Å². The van der Waals surface area contributed by atoms with Crippen molar-refractivity contribution in [1.29, 1.82) is 0 Å². The van der Waals surface area contributed by atoms with Gasteiger partial charge < -0.3 is 19.5 Å². The Morgan fingerprint density at radius 1 is 0.920 bits per heavy atom. The first-order valence-electron chi connectivity index (χ1n) is 8.16. The zero-order valence-corrected chi connectivity index (χ0v) is 15.4. The fourth-order valence-electron chi connectivity index (χ4n) is 2.61. The number of aryl methyl sites for hydroxylation is 3. The Labute approximate surface area is 148 Å². The predicted molar refractivity (Wildman–Crippen MR) is 98.9 cm³/mol. The summed E-state index contributed by atoms with van der Waals surface area (Å²) in [5.41, 5.74) is 3.89. The van der Waals surface area contributed by atoms with Crippen LogP contribution in [0.1, 0.15) is 23.1 Å². The first-order chi connectivity index (χ1) is 11.9. The molecule has 0 aliphatic carbocycles. The molecule has 0 aromatic heterocycles. The van der Waals surface area contributed by atoms with Crippen LogP contribution >= 0.6 is 0 Å². The van der Waals surface area contributed by atoms with E-state index in [-0.39, 0.29) is 12.3 Å². The molecule has 0 spiro atoms. The highest BCUT2D eigenvalue weighted by molar-refractivity contribution is 5.92. The second kappa shape index (κ2) is 8.42. The fourth-order valence-corrected chi connectivity index (χ4v) is 2.61. The molecule has 0 heterocycles. The van der Waals surface area contributed by atoms with Gasteiger partial charge in [0.05, 0.1) is 27.2 Å². The summed E-state index contributed by atoms with van der Waals surface area (Å²) in [6.45, 7) is 6.27. The van der Waals surface area contributed by atoms with E-state index in [1.807, 2.05) is 39.0 Å². The molecular formula is C20H25NO4. The van der Waals surface area contributed by atoms with Gasteiger partial charge in [0.25, 0.3) is 0 Å². The van der Waals surface area contributed by atoms with Crippen molar-refractivity contribution in [3.8, 4) is 17.2 Å². The topological polar surface area (TPSA) is 56.8 Å². The highest BCUT2D eigenvalue weighted by Gasteiger charge is 2.11. The van der Waals surface area contributed by atoms with E-state index in [1.54, 1.807) is 20.3 Å². The zero-order valence-electron chi connectivity index (χ0n) is 15.4. The summed E-state index contributed by atoms with van der Waals surface area (Å²) in [6.07, 6.45) is 0.265. The number of amides is 1. The number of nitrogens with one attached hydrogen (secondary N) is 1. The van der Waals surface area contributed by atoms with Gasteiger partial charge in [0.15, 0.2) is 11.5 Å². The van der Waals surface area contributed by atoms with Gasteiger partial charge >= 0.3 is 0 Å². The van der Waals surface area contributed by atoms with Crippen molar-refractivity contribution in [3.63, 3.8) is 0 Å². The van der Waals surface area contributed by atoms with Crippen LogP contribution in [0.25, 0.3) is 0 Å². The molecule has 0 saturated heterocycles. The molecule has 134 valence electrons. The third-order valence-electron chi connectivity index (χ3n) is 3.80. The molecule has 0 saturated carbocycles. The van der Waals surface area contributed by atoms with Gasteiger partial charge in [0, 0.05) is 11.8 Å². The lowest BCUT2D eigenvalue weighted by Gasteiger charge is -2.14. The standard InChI is InChI=1S/C20H25NO4/c1-13-8-14(2)10-16(9-13)25-7-6-20(22)21-17-12-19(24-5)18(23-4)11-15(17)3/h8-12H,6-7H2,1-5H3,(H,21,22). The molecule has 5 heteroatoms. The highest BCUT2D eigenvalue weighted by atomic mass is 16.5. The van der Waals surface area contributed by atoms with E-state index in [0.29, 0.717) is 23.8 Å². The molecular weight excluding hydrogens is 318 g/mol. The van der Waals surface area contributed by atoms with Crippen molar-refractivity contribution in [3.05, 3.63) is 47.0 Å². The van der Waals surface area contributed by atoms with Crippen LogP contribution < -0.4 is 19.5 Å². The molecule has 0 unspecified atom stereocenters. The van der Waals surface area contributed by atoms with Gasteiger partial charge in [-0.15, -0.1) is 0 Å². The molecule has 25 heavy (non-hydrogen) atoms. The van der Waals surface area contributed by atoms with Crippen molar-refractivity contribution in [2.75, 3.05) is 26.1 Å². The summed E-state index contributed by atoms with van der Waals surface area (Å²) in [6, 6.07) is 9.60. The minimum atomic E-state index is -0.111. The SMILES string of the molecule is COc1cc(C)c(NC(=O)CCOc2cc(C)cc(C)c2)cc1OC. The first kappa shape index (κ1) is 18.6. The molecule has 0 bridgehead atoms. The van der Waals surface area contributed by atoms with Crippen LogP contribution in [0, 0.1) is 20.8 Å². The minimum absolute atomic E-state index is 0.111. The Morgan fingerprint density at radius 3 is 2.12 bits per heavy atom. The maximum absolute atomic E-state index is 12.2. The maximum atomic E-state index is 12.2. The summed E-state index contributed by atoms with van der Waals surface area (Å²) < 4.78 is 16.2. The van der Waals surface area contributed by atoms with Crippen LogP contribution in [0.4, 0.5) is 5.69 Å². The minimum Gasteiger partial charge on any atom is -0.493 e. The largest absolute Gasteiger partial charge is 0.493 e. The molecule has 0 atom stereocenters. The second-order valence-corrected chi connectivity index (χ2v) is 5.99. The van der Waals surface area contributed by atoms with Gasteiger partial charge in [0.2, 0.25) is 5.91 Å². The summed E-state index contributed by atoms with van der Waals surface area (Å²) in [5, 5.41) is 2.89. The number of anilines is 1. The van der Waals surface area contributed by atoms with Gasteiger partial charge in [-0.05, 0) is 55.7 Å². The van der Waals surface area contributed by atoms with Gasteiger partial charge in [-0.1, -0.05) is 6.07 Å². The van der Waals surface area contributed by atoms with E-state index in [0.717, 1.165) is 22.4 Å². The number of hydrogen-bond acceptors (Lipinski definition) is 4. The number of ether oxygens (including phenoxy) is 3. The van der Waals surface area contributed by atoms with E-state index in [1.165, 1.54) is 0 Å². The number of methoxy groups -OCH3 is 2. The third kappa shape index (κ3) is 5.14. The summed E-state index contributed by atoms with van der Waals surface area (Å²) in [4.78, 5) is 12.2. The average Bonchev–Trinajstić information content (AvgIpc) is 2.55.